The van der Waals surface area contributed by atoms with Gasteiger partial charge < -0.3 is 9.26 Å². The Balaban J connectivity index is 1.47. The largest absolute Gasteiger partial charge is 0.497 e. The van der Waals surface area contributed by atoms with Gasteiger partial charge in [0.1, 0.15) is 5.75 Å². The van der Waals surface area contributed by atoms with E-state index < -0.39 is 0 Å². The van der Waals surface area contributed by atoms with Gasteiger partial charge in [0.25, 0.3) is 5.89 Å². The molecule has 9 heteroatoms. The average Bonchev–Trinajstić information content (AvgIpc) is 3.59. The summed E-state index contributed by atoms with van der Waals surface area (Å²) in [5.41, 5.74) is 1.89. The second-order valence-corrected chi connectivity index (χ2v) is 8.38. The Bertz CT molecular complexity index is 1280. The van der Waals surface area contributed by atoms with Crippen molar-refractivity contribution in [3.05, 3.63) is 77.9 Å². The molecule has 0 aliphatic heterocycles. The van der Waals surface area contributed by atoms with Crippen molar-refractivity contribution in [2.75, 3.05) is 7.11 Å². The number of methoxy groups -OCH3 is 1. The minimum Gasteiger partial charge on any atom is -0.497 e. The van der Waals surface area contributed by atoms with Crippen LogP contribution in [-0.2, 0) is 5.75 Å². The molecule has 0 unspecified atom stereocenters. The van der Waals surface area contributed by atoms with E-state index in [2.05, 4.69) is 20.3 Å². The van der Waals surface area contributed by atoms with E-state index in [0.717, 1.165) is 32.9 Å². The van der Waals surface area contributed by atoms with Crippen LogP contribution >= 0.6 is 23.1 Å². The van der Waals surface area contributed by atoms with Crippen LogP contribution in [-0.4, -0.2) is 32.0 Å². The molecule has 5 rings (SSSR count). The number of aromatic nitrogens is 5. The molecule has 0 aliphatic rings. The summed E-state index contributed by atoms with van der Waals surface area (Å²) < 4.78 is 12.8. The predicted octanol–water partition coefficient (Wildman–Crippen LogP) is 5.35. The van der Waals surface area contributed by atoms with Crippen LogP contribution in [0.4, 0.5) is 0 Å². The van der Waals surface area contributed by atoms with Crippen molar-refractivity contribution in [3.63, 3.8) is 0 Å². The van der Waals surface area contributed by atoms with Crippen LogP contribution in [0.15, 0.2) is 81.8 Å². The fourth-order valence-corrected chi connectivity index (χ4v) is 4.50. The van der Waals surface area contributed by atoms with Gasteiger partial charge in [0.15, 0.2) is 16.8 Å². The Kier molecular flexibility index (Phi) is 5.51. The van der Waals surface area contributed by atoms with E-state index in [9.17, 15) is 0 Å². The maximum Gasteiger partial charge on any atom is 0.268 e. The molecule has 0 saturated heterocycles. The average molecular weight is 448 g/mol. The lowest BCUT2D eigenvalue weighted by molar-refractivity contribution is 0.415. The first kappa shape index (κ1) is 19.5. The first-order valence-electron chi connectivity index (χ1n) is 9.46. The zero-order valence-corrected chi connectivity index (χ0v) is 18.1. The van der Waals surface area contributed by atoms with Gasteiger partial charge >= 0.3 is 0 Å². The van der Waals surface area contributed by atoms with E-state index in [1.165, 1.54) is 11.8 Å². The summed E-state index contributed by atoms with van der Waals surface area (Å²) in [5, 5.41) is 15.7. The third-order valence-electron chi connectivity index (χ3n) is 4.51. The zero-order valence-electron chi connectivity index (χ0n) is 16.5. The lowest BCUT2D eigenvalue weighted by atomic mass is 10.2. The van der Waals surface area contributed by atoms with Crippen LogP contribution in [0.2, 0.25) is 0 Å². The van der Waals surface area contributed by atoms with Crippen molar-refractivity contribution in [3.8, 4) is 33.6 Å². The molecule has 0 spiro atoms. The quantitative estimate of drug-likeness (QED) is 0.311. The number of thiophene rings is 1. The van der Waals surface area contributed by atoms with Crippen molar-refractivity contribution >= 4 is 23.1 Å². The monoisotopic (exact) mass is 447 g/mol. The molecular weight excluding hydrogens is 430 g/mol. The molecule has 0 aliphatic carbocycles. The topological polar surface area (TPSA) is 78.9 Å². The molecule has 0 atom stereocenters. The first-order valence-corrected chi connectivity index (χ1v) is 11.3. The van der Waals surface area contributed by atoms with Gasteiger partial charge in [0.2, 0.25) is 0 Å². The second-order valence-electron chi connectivity index (χ2n) is 6.49. The van der Waals surface area contributed by atoms with Crippen molar-refractivity contribution in [1.82, 2.24) is 24.9 Å². The van der Waals surface area contributed by atoms with Crippen LogP contribution in [0, 0.1) is 0 Å². The summed E-state index contributed by atoms with van der Waals surface area (Å²) >= 11 is 3.08. The molecule has 2 aromatic carbocycles. The van der Waals surface area contributed by atoms with E-state index >= 15 is 0 Å². The number of ether oxygens (including phenoxy) is 1. The molecule has 0 amide bonds. The molecule has 0 bridgehead atoms. The van der Waals surface area contributed by atoms with E-state index in [-0.39, 0.29) is 0 Å². The Hall–Kier alpha value is -3.43. The minimum absolute atomic E-state index is 0.512. The molecule has 0 radical (unpaired) electrons. The van der Waals surface area contributed by atoms with Gasteiger partial charge in [0, 0.05) is 11.3 Å². The SMILES string of the molecule is COc1cccc(-c2nnc(SCc3noc(-c4cccs4)n3)n2-c2ccccc2)c1. The number of nitrogens with zero attached hydrogens (tertiary/aromatic N) is 5. The van der Waals surface area contributed by atoms with Gasteiger partial charge in [0.05, 0.1) is 17.7 Å². The summed E-state index contributed by atoms with van der Waals surface area (Å²) in [6.45, 7) is 0. The maximum atomic E-state index is 5.39. The summed E-state index contributed by atoms with van der Waals surface area (Å²) in [4.78, 5) is 5.45. The summed E-state index contributed by atoms with van der Waals surface area (Å²) in [7, 11) is 1.65. The third-order valence-corrected chi connectivity index (χ3v) is 6.29. The summed E-state index contributed by atoms with van der Waals surface area (Å²) in [6, 6.07) is 21.7. The van der Waals surface area contributed by atoms with Gasteiger partial charge in [-0.25, -0.2) is 0 Å². The smallest absolute Gasteiger partial charge is 0.268 e. The van der Waals surface area contributed by atoms with Crippen LogP contribution in [0.3, 0.4) is 0 Å². The number of para-hydroxylation sites is 1. The fraction of sp³-hybridized carbons (Fsp3) is 0.0909. The van der Waals surface area contributed by atoms with Crippen molar-refractivity contribution in [2.24, 2.45) is 0 Å². The van der Waals surface area contributed by atoms with Gasteiger partial charge in [-0.2, -0.15) is 4.98 Å². The van der Waals surface area contributed by atoms with Gasteiger partial charge in [-0.3, -0.25) is 4.57 Å². The molecule has 0 fully saturated rings. The molecule has 154 valence electrons. The van der Waals surface area contributed by atoms with Crippen LogP contribution < -0.4 is 4.74 Å². The highest BCUT2D eigenvalue weighted by atomic mass is 32.2. The molecular formula is C22H17N5O2S2. The van der Waals surface area contributed by atoms with Crippen molar-refractivity contribution in [2.45, 2.75) is 10.9 Å². The lowest BCUT2D eigenvalue weighted by Crippen LogP contribution is -2.00. The van der Waals surface area contributed by atoms with Crippen molar-refractivity contribution < 1.29 is 9.26 Å². The lowest BCUT2D eigenvalue weighted by Gasteiger charge is -2.10. The highest BCUT2D eigenvalue weighted by Gasteiger charge is 2.18. The summed E-state index contributed by atoms with van der Waals surface area (Å²) in [6.07, 6.45) is 0. The third kappa shape index (κ3) is 4.10. The molecule has 7 nitrogen and oxygen atoms in total. The number of hydrogen-bond acceptors (Lipinski definition) is 8. The van der Waals surface area contributed by atoms with Gasteiger partial charge in [-0.05, 0) is 35.7 Å². The normalized spacial score (nSPS) is 11.0. The van der Waals surface area contributed by atoms with Crippen LogP contribution in [0.1, 0.15) is 5.82 Å². The molecule has 0 N–H and O–H groups in total. The van der Waals surface area contributed by atoms with E-state index in [1.807, 2.05) is 76.7 Å². The molecule has 0 saturated carbocycles. The number of benzene rings is 2. The Morgan fingerprint density at radius 2 is 1.94 bits per heavy atom. The van der Waals surface area contributed by atoms with Gasteiger partial charge in [-0.1, -0.05) is 53.3 Å². The summed E-state index contributed by atoms with van der Waals surface area (Å²) in [5.74, 6) is 3.16. The van der Waals surface area contributed by atoms with E-state index in [0.29, 0.717) is 17.5 Å². The Morgan fingerprint density at radius 1 is 1.03 bits per heavy atom. The highest BCUT2D eigenvalue weighted by molar-refractivity contribution is 7.98. The standard InChI is InChI=1S/C22H17N5O2S2/c1-28-17-10-5-7-15(13-17)20-24-25-22(27(20)16-8-3-2-4-9-16)31-14-19-23-21(29-26-19)18-11-6-12-30-18/h2-13H,14H2,1H3. The zero-order chi connectivity index (χ0) is 21.0. The first-order chi connectivity index (χ1) is 15.3. The Labute approximate surface area is 186 Å². The van der Waals surface area contributed by atoms with E-state index in [1.54, 1.807) is 18.4 Å². The Morgan fingerprint density at radius 3 is 2.74 bits per heavy atom. The molecule has 3 heterocycles. The molecule has 5 aromatic rings. The number of rotatable bonds is 7. The molecule has 3 aromatic heterocycles. The second kappa shape index (κ2) is 8.75. The predicted molar refractivity (Wildman–Crippen MR) is 121 cm³/mol. The number of hydrogen-bond donors (Lipinski definition) is 0. The highest BCUT2D eigenvalue weighted by Crippen LogP contribution is 2.31. The van der Waals surface area contributed by atoms with Crippen LogP contribution in [0.25, 0.3) is 27.8 Å². The number of thioether (sulfide) groups is 1. The maximum absolute atomic E-state index is 5.39. The van der Waals surface area contributed by atoms with Crippen molar-refractivity contribution in [1.29, 1.82) is 0 Å². The van der Waals surface area contributed by atoms with E-state index in [4.69, 9.17) is 9.26 Å². The van der Waals surface area contributed by atoms with Gasteiger partial charge in [-0.15, -0.1) is 21.5 Å². The minimum atomic E-state index is 0.512. The van der Waals surface area contributed by atoms with Crippen LogP contribution in [0.5, 0.6) is 5.75 Å². The molecule has 31 heavy (non-hydrogen) atoms. The fourth-order valence-electron chi connectivity index (χ4n) is 3.06.